The van der Waals surface area contributed by atoms with Gasteiger partial charge in [-0.25, -0.2) is 4.79 Å². The summed E-state index contributed by atoms with van der Waals surface area (Å²) >= 11 is 0. The Kier molecular flexibility index (Phi) is 3.12. The molecule has 17 heavy (non-hydrogen) atoms. The lowest BCUT2D eigenvalue weighted by atomic mass is 10.1. The smallest absolute Gasteiger partial charge is 0.371 e. The molecule has 0 saturated carbocycles. The highest BCUT2D eigenvalue weighted by Gasteiger charge is 2.10. The van der Waals surface area contributed by atoms with Gasteiger partial charge in [0.25, 0.3) is 0 Å². The predicted octanol–water partition coefficient (Wildman–Crippen LogP) is 1.85. The Hall–Kier alpha value is -2.25. The third-order valence-electron chi connectivity index (χ3n) is 2.35. The maximum Gasteiger partial charge on any atom is 0.371 e. The van der Waals surface area contributed by atoms with Gasteiger partial charge in [-0.15, -0.1) is 6.42 Å². The van der Waals surface area contributed by atoms with Crippen molar-refractivity contribution in [3.63, 3.8) is 0 Å². The van der Waals surface area contributed by atoms with Crippen molar-refractivity contribution >= 4 is 16.9 Å². The van der Waals surface area contributed by atoms with Crippen molar-refractivity contribution in [2.75, 3.05) is 6.54 Å². The molecular formula is C13H11NO3. The summed E-state index contributed by atoms with van der Waals surface area (Å²) in [6, 6.07) is 7.03. The summed E-state index contributed by atoms with van der Waals surface area (Å²) in [5.74, 6) is 1.38. The van der Waals surface area contributed by atoms with Crippen LogP contribution < -0.4 is 5.32 Å². The van der Waals surface area contributed by atoms with E-state index in [-0.39, 0.29) is 5.76 Å². The summed E-state index contributed by atoms with van der Waals surface area (Å²) in [6.45, 7) is 1.15. The number of hydrogen-bond acceptors (Lipinski definition) is 3. The van der Waals surface area contributed by atoms with Gasteiger partial charge in [0, 0.05) is 11.9 Å². The molecule has 1 aromatic carbocycles. The van der Waals surface area contributed by atoms with Crippen LogP contribution >= 0.6 is 0 Å². The van der Waals surface area contributed by atoms with Gasteiger partial charge in [-0.3, -0.25) is 0 Å². The zero-order valence-electron chi connectivity index (χ0n) is 9.06. The van der Waals surface area contributed by atoms with Crippen LogP contribution in [0.3, 0.4) is 0 Å². The molecule has 0 aliphatic carbocycles. The van der Waals surface area contributed by atoms with Gasteiger partial charge in [-0.05, 0) is 23.8 Å². The maximum absolute atomic E-state index is 10.7. The molecular weight excluding hydrogens is 218 g/mol. The molecule has 1 heterocycles. The second-order valence-electron chi connectivity index (χ2n) is 3.60. The SMILES string of the molecule is C#CCNCc1ccc2oc(C(=O)O)cc2c1. The molecule has 0 aliphatic heterocycles. The number of hydrogen-bond donors (Lipinski definition) is 2. The summed E-state index contributed by atoms with van der Waals surface area (Å²) in [7, 11) is 0. The van der Waals surface area contributed by atoms with E-state index < -0.39 is 5.97 Å². The Labute approximate surface area is 98.2 Å². The Morgan fingerprint density at radius 2 is 2.29 bits per heavy atom. The molecule has 86 valence electrons. The third-order valence-corrected chi connectivity index (χ3v) is 2.35. The minimum atomic E-state index is -1.06. The molecule has 4 heteroatoms. The number of terminal acetylenes is 1. The molecule has 2 N–H and O–H groups in total. The number of benzene rings is 1. The Balaban J connectivity index is 2.24. The van der Waals surface area contributed by atoms with E-state index in [4.69, 9.17) is 15.9 Å². The zero-order chi connectivity index (χ0) is 12.3. The van der Waals surface area contributed by atoms with Crippen molar-refractivity contribution < 1.29 is 14.3 Å². The van der Waals surface area contributed by atoms with Crippen LogP contribution in [0.1, 0.15) is 16.1 Å². The number of aromatic carboxylic acids is 1. The van der Waals surface area contributed by atoms with Gasteiger partial charge in [0.2, 0.25) is 5.76 Å². The normalized spacial score (nSPS) is 10.3. The fourth-order valence-electron chi connectivity index (χ4n) is 1.59. The first-order valence-electron chi connectivity index (χ1n) is 5.10. The van der Waals surface area contributed by atoms with E-state index in [1.165, 1.54) is 6.07 Å². The van der Waals surface area contributed by atoms with E-state index in [1.54, 1.807) is 6.07 Å². The second kappa shape index (κ2) is 4.73. The van der Waals surface area contributed by atoms with E-state index in [0.29, 0.717) is 18.7 Å². The van der Waals surface area contributed by atoms with E-state index in [9.17, 15) is 4.79 Å². The molecule has 0 bridgehead atoms. The topological polar surface area (TPSA) is 62.5 Å². The average Bonchev–Trinajstić information content (AvgIpc) is 2.72. The van der Waals surface area contributed by atoms with Gasteiger partial charge in [-0.2, -0.15) is 0 Å². The van der Waals surface area contributed by atoms with Gasteiger partial charge >= 0.3 is 5.97 Å². The Bertz CT molecular complexity index is 592. The lowest BCUT2D eigenvalue weighted by Gasteiger charge is -2.00. The molecule has 1 aromatic heterocycles. The number of nitrogens with one attached hydrogen (secondary N) is 1. The van der Waals surface area contributed by atoms with Crippen molar-refractivity contribution in [2.45, 2.75) is 6.54 Å². The lowest BCUT2D eigenvalue weighted by Crippen LogP contribution is -2.12. The van der Waals surface area contributed by atoms with E-state index in [2.05, 4.69) is 11.2 Å². The molecule has 0 radical (unpaired) electrons. The molecule has 2 rings (SSSR count). The number of carboxylic acid groups (broad SMARTS) is 1. The fourth-order valence-corrected chi connectivity index (χ4v) is 1.59. The largest absolute Gasteiger partial charge is 0.475 e. The van der Waals surface area contributed by atoms with Gasteiger partial charge in [0.15, 0.2) is 0 Å². The maximum atomic E-state index is 10.7. The van der Waals surface area contributed by atoms with Crippen molar-refractivity contribution in [1.29, 1.82) is 0 Å². The van der Waals surface area contributed by atoms with Gasteiger partial charge in [0.05, 0.1) is 6.54 Å². The van der Waals surface area contributed by atoms with Crippen LogP contribution in [-0.4, -0.2) is 17.6 Å². The third kappa shape index (κ3) is 2.47. The van der Waals surface area contributed by atoms with Crippen LogP contribution in [0.5, 0.6) is 0 Å². The van der Waals surface area contributed by atoms with Gasteiger partial charge < -0.3 is 14.8 Å². The highest BCUT2D eigenvalue weighted by Crippen LogP contribution is 2.20. The standard InChI is InChI=1S/C13H11NO3/c1-2-5-14-8-9-3-4-11-10(6-9)7-12(17-11)13(15)16/h1,3-4,6-7,14H,5,8H2,(H,15,16). The number of rotatable bonds is 4. The summed E-state index contributed by atoms with van der Waals surface area (Å²) < 4.78 is 5.16. The predicted molar refractivity (Wildman–Crippen MR) is 63.7 cm³/mol. The summed E-state index contributed by atoms with van der Waals surface area (Å²) in [5, 5.41) is 12.6. The van der Waals surface area contributed by atoms with Crippen LogP contribution in [0.2, 0.25) is 0 Å². The van der Waals surface area contributed by atoms with E-state index in [0.717, 1.165) is 10.9 Å². The summed E-state index contributed by atoms with van der Waals surface area (Å²) in [6.07, 6.45) is 5.13. The van der Waals surface area contributed by atoms with Crippen molar-refractivity contribution in [3.8, 4) is 12.3 Å². The monoisotopic (exact) mass is 229 g/mol. The number of fused-ring (bicyclic) bond motifs is 1. The first kappa shape index (κ1) is 11.2. The Morgan fingerprint density at radius 1 is 1.47 bits per heavy atom. The van der Waals surface area contributed by atoms with Crippen LogP contribution in [0.15, 0.2) is 28.7 Å². The quantitative estimate of drug-likeness (QED) is 0.620. The van der Waals surface area contributed by atoms with Crippen LogP contribution in [0.4, 0.5) is 0 Å². The van der Waals surface area contributed by atoms with E-state index >= 15 is 0 Å². The summed E-state index contributed by atoms with van der Waals surface area (Å²) in [5.41, 5.74) is 1.61. The molecule has 2 aromatic rings. The number of carbonyl (C=O) groups is 1. The minimum absolute atomic E-state index is 0.0475. The second-order valence-corrected chi connectivity index (χ2v) is 3.60. The molecule has 4 nitrogen and oxygen atoms in total. The molecule has 0 aliphatic rings. The first-order valence-corrected chi connectivity index (χ1v) is 5.10. The Morgan fingerprint density at radius 3 is 3.00 bits per heavy atom. The van der Waals surface area contributed by atoms with Gasteiger partial charge in [0.1, 0.15) is 5.58 Å². The van der Waals surface area contributed by atoms with Gasteiger partial charge in [-0.1, -0.05) is 12.0 Å². The molecule has 0 saturated heterocycles. The fraction of sp³-hybridized carbons (Fsp3) is 0.154. The van der Waals surface area contributed by atoms with Crippen molar-refractivity contribution in [1.82, 2.24) is 5.32 Å². The molecule has 0 amide bonds. The van der Waals surface area contributed by atoms with Crippen LogP contribution in [0.25, 0.3) is 11.0 Å². The number of furan rings is 1. The zero-order valence-corrected chi connectivity index (χ0v) is 9.06. The van der Waals surface area contributed by atoms with Crippen LogP contribution in [0, 0.1) is 12.3 Å². The lowest BCUT2D eigenvalue weighted by molar-refractivity contribution is 0.0665. The van der Waals surface area contributed by atoms with Crippen LogP contribution in [-0.2, 0) is 6.54 Å². The average molecular weight is 229 g/mol. The molecule has 0 unspecified atom stereocenters. The van der Waals surface area contributed by atoms with E-state index in [1.807, 2.05) is 12.1 Å². The van der Waals surface area contributed by atoms with Crippen molar-refractivity contribution in [3.05, 3.63) is 35.6 Å². The first-order chi connectivity index (χ1) is 8.20. The minimum Gasteiger partial charge on any atom is -0.475 e. The highest BCUT2D eigenvalue weighted by molar-refractivity contribution is 5.91. The molecule has 0 fully saturated rings. The number of carboxylic acids is 1. The molecule has 0 atom stereocenters. The highest BCUT2D eigenvalue weighted by atomic mass is 16.4. The summed E-state index contributed by atoms with van der Waals surface area (Å²) in [4.78, 5) is 10.7. The van der Waals surface area contributed by atoms with Crippen molar-refractivity contribution in [2.24, 2.45) is 0 Å². The molecule has 0 spiro atoms.